The molecular weight excluding hydrogens is 134 g/mol. The van der Waals surface area contributed by atoms with E-state index in [0.717, 1.165) is 0 Å². The number of H-pyrrole nitrogens is 1. The van der Waals surface area contributed by atoms with Gasteiger partial charge in [-0.1, -0.05) is 0 Å². The highest BCUT2D eigenvalue weighted by Crippen LogP contribution is 2.13. The third kappa shape index (κ3) is 0.953. The first-order chi connectivity index (χ1) is 4.75. The van der Waals surface area contributed by atoms with Gasteiger partial charge in [-0.25, -0.2) is 4.79 Å². The average Bonchev–Trinajstić information content (AvgIpc) is 2.34. The highest BCUT2D eigenvalue weighted by molar-refractivity contribution is 5.90. The van der Waals surface area contributed by atoms with Crippen LogP contribution in [0.4, 0.5) is 0 Å². The Balaban J connectivity index is 2.93. The first-order valence-corrected chi connectivity index (χ1v) is 2.70. The molecule has 1 heterocycles. The Labute approximate surface area is 57.4 Å². The van der Waals surface area contributed by atoms with E-state index in [1.54, 1.807) is 0 Å². The molecule has 0 fully saturated rings. The van der Waals surface area contributed by atoms with Crippen LogP contribution in [0, 0.1) is 0 Å². The van der Waals surface area contributed by atoms with E-state index in [1.165, 1.54) is 19.4 Å². The maximum absolute atomic E-state index is 10.7. The summed E-state index contributed by atoms with van der Waals surface area (Å²) in [6.07, 6.45) is 1.46. The Morgan fingerprint density at radius 2 is 2.50 bits per heavy atom. The molecule has 1 rings (SSSR count). The molecule has 1 aromatic rings. The molecule has 0 aliphatic carbocycles. The number of carbonyl (C=O) groups is 1. The number of aromatic amines is 1. The van der Waals surface area contributed by atoms with Gasteiger partial charge in [0.1, 0.15) is 5.75 Å². The molecule has 0 amide bonds. The fourth-order valence-electron chi connectivity index (χ4n) is 0.627. The fraction of sp³-hybridized carbons (Fsp3) is 0.167. The lowest BCUT2D eigenvalue weighted by atomic mass is 10.4. The van der Waals surface area contributed by atoms with Crippen LogP contribution in [0.5, 0.6) is 5.75 Å². The molecule has 0 radical (unpaired) electrons. The Morgan fingerprint density at radius 1 is 1.80 bits per heavy atom. The maximum atomic E-state index is 10.7. The summed E-state index contributed by atoms with van der Waals surface area (Å²) in [5.41, 5.74) is 0.0856. The lowest BCUT2D eigenvalue weighted by molar-refractivity contribution is 0.0591. The molecule has 0 spiro atoms. The van der Waals surface area contributed by atoms with E-state index in [2.05, 4.69) is 9.72 Å². The van der Waals surface area contributed by atoms with Crippen LogP contribution in [0.2, 0.25) is 0 Å². The van der Waals surface area contributed by atoms with Gasteiger partial charge in [-0.05, 0) is 6.07 Å². The van der Waals surface area contributed by atoms with Crippen LogP contribution in [0.25, 0.3) is 0 Å². The number of nitrogens with one attached hydrogen (secondary N) is 1. The Hall–Kier alpha value is -1.45. The van der Waals surface area contributed by atoms with Crippen LogP contribution in [0.3, 0.4) is 0 Å². The summed E-state index contributed by atoms with van der Waals surface area (Å²) in [6.45, 7) is 0. The van der Waals surface area contributed by atoms with Crippen molar-refractivity contribution >= 4 is 5.97 Å². The maximum Gasteiger partial charge on any atom is 0.358 e. The summed E-state index contributed by atoms with van der Waals surface area (Å²) < 4.78 is 4.35. The van der Waals surface area contributed by atoms with E-state index in [9.17, 15) is 4.79 Å². The molecule has 0 atom stereocenters. The summed E-state index contributed by atoms with van der Waals surface area (Å²) in [5.74, 6) is -0.658. The second-order valence-corrected chi connectivity index (χ2v) is 1.73. The standard InChI is InChI=1S/C6H7NO3/c1-10-6(9)5-4(8)2-3-7-5/h2-3,7-8H,1H3. The SMILES string of the molecule is COC(=O)c1[nH]ccc1O. The predicted molar refractivity (Wildman–Crippen MR) is 33.8 cm³/mol. The van der Waals surface area contributed by atoms with Crippen LogP contribution in [0.15, 0.2) is 12.3 Å². The zero-order valence-corrected chi connectivity index (χ0v) is 5.42. The molecule has 4 heteroatoms. The number of ether oxygens (including phenoxy) is 1. The number of methoxy groups -OCH3 is 1. The first kappa shape index (κ1) is 6.67. The molecule has 54 valence electrons. The van der Waals surface area contributed by atoms with Gasteiger partial charge in [-0.15, -0.1) is 0 Å². The zero-order valence-electron chi connectivity index (χ0n) is 5.42. The van der Waals surface area contributed by atoms with Gasteiger partial charge in [-0.2, -0.15) is 0 Å². The van der Waals surface area contributed by atoms with Crippen molar-refractivity contribution in [3.05, 3.63) is 18.0 Å². The lowest BCUT2D eigenvalue weighted by Gasteiger charge is -1.94. The Bertz CT molecular complexity index is 241. The highest BCUT2D eigenvalue weighted by atomic mass is 16.5. The minimum Gasteiger partial charge on any atom is -0.505 e. The smallest absolute Gasteiger partial charge is 0.358 e. The second kappa shape index (κ2) is 2.43. The second-order valence-electron chi connectivity index (χ2n) is 1.73. The topological polar surface area (TPSA) is 62.3 Å². The van der Waals surface area contributed by atoms with Crippen molar-refractivity contribution in [3.63, 3.8) is 0 Å². The lowest BCUT2D eigenvalue weighted by Crippen LogP contribution is -2.00. The minimum absolute atomic E-state index is 0.0856. The van der Waals surface area contributed by atoms with E-state index in [4.69, 9.17) is 5.11 Å². The summed E-state index contributed by atoms with van der Waals surface area (Å²) >= 11 is 0. The van der Waals surface area contributed by atoms with Gasteiger partial charge in [-0.3, -0.25) is 0 Å². The van der Waals surface area contributed by atoms with E-state index >= 15 is 0 Å². The van der Waals surface area contributed by atoms with Crippen molar-refractivity contribution in [2.75, 3.05) is 7.11 Å². The summed E-state index contributed by atoms with van der Waals surface area (Å²) in [7, 11) is 1.25. The van der Waals surface area contributed by atoms with Gasteiger partial charge >= 0.3 is 5.97 Å². The van der Waals surface area contributed by atoms with Crippen LogP contribution >= 0.6 is 0 Å². The third-order valence-electron chi connectivity index (χ3n) is 1.11. The number of carbonyl (C=O) groups excluding carboxylic acids is 1. The third-order valence-corrected chi connectivity index (χ3v) is 1.11. The van der Waals surface area contributed by atoms with Crippen LogP contribution in [-0.2, 0) is 4.74 Å². The van der Waals surface area contributed by atoms with Crippen molar-refractivity contribution < 1.29 is 14.6 Å². The number of hydrogen-bond acceptors (Lipinski definition) is 3. The fourth-order valence-corrected chi connectivity index (χ4v) is 0.627. The summed E-state index contributed by atoms with van der Waals surface area (Å²) in [6, 6.07) is 1.38. The number of hydrogen-bond donors (Lipinski definition) is 2. The number of rotatable bonds is 1. The van der Waals surface area contributed by atoms with Crippen molar-refractivity contribution in [3.8, 4) is 5.75 Å². The number of aromatic hydroxyl groups is 1. The van der Waals surface area contributed by atoms with Crippen molar-refractivity contribution in [1.82, 2.24) is 4.98 Å². The Kier molecular flexibility index (Phi) is 1.62. The van der Waals surface area contributed by atoms with E-state index in [-0.39, 0.29) is 11.4 Å². The molecule has 0 unspecified atom stereocenters. The monoisotopic (exact) mass is 141 g/mol. The molecule has 4 nitrogen and oxygen atoms in total. The van der Waals surface area contributed by atoms with Gasteiger partial charge in [0.2, 0.25) is 0 Å². The van der Waals surface area contributed by atoms with Gasteiger partial charge < -0.3 is 14.8 Å². The summed E-state index contributed by atoms with van der Waals surface area (Å²) in [5, 5.41) is 8.92. The molecule has 0 saturated heterocycles. The van der Waals surface area contributed by atoms with Crippen molar-refractivity contribution in [2.45, 2.75) is 0 Å². The molecule has 0 aromatic carbocycles. The molecular formula is C6H7NO3. The van der Waals surface area contributed by atoms with E-state index in [0.29, 0.717) is 0 Å². The van der Waals surface area contributed by atoms with E-state index in [1.807, 2.05) is 0 Å². The average molecular weight is 141 g/mol. The zero-order chi connectivity index (χ0) is 7.56. The molecule has 1 aromatic heterocycles. The van der Waals surface area contributed by atoms with Crippen LogP contribution in [-0.4, -0.2) is 23.2 Å². The normalized spacial score (nSPS) is 9.30. The molecule has 0 saturated carbocycles. The number of aromatic nitrogens is 1. The van der Waals surface area contributed by atoms with Gasteiger partial charge in [0.05, 0.1) is 7.11 Å². The quantitative estimate of drug-likeness (QED) is 0.560. The van der Waals surface area contributed by atoms with Crippen LogP contribution in [0.1, 0.15) is 10.5 Å². The van der Waals surface area contributed by atoms with Gasteiger partial charge in [0.25, 0.3) is 0 Å². The first-order valence-electron chi connectivity index (χ1n) is 2.70. The summed E-state index contributed by atoms with van der Waals surface area (Å²) in [4.78, 5) is 13.2. The van der Waals surface area contributed by atoms with Gasteiger partial charge in [0.15, 0.2) is 5.69 Å². The highest BCUT2D eigenvalue weighted by Gasteiger charge is 2.10. The van der Waals surface area contributed by atoms with Crippen molar-refractivity contribution in [2.24, 2.45) is 0 Å². The predicted octanol–water partition coefficient (Wildman–Crippen LogP) is 0.507. The molecule has 0 aliphatic rings. The Morgan fingerprint density at radius 3 is 2.90 bits per heavy atom. The van der Waals surface area contributed by atoms with Crippen molar-refractivity contribution in [1.29, 1.82) is 0 Å². The molecule has 0 aliphatic heterocycles. The number of esters is 1. The minimum atomic E-state index is -0.567. The molecule has 10 heavy (non-hydrogen) atoms. The van der Waals surface area contributed by atoms with Gasteiger partial charge in [0, 0.05) is 6.20 Å². The largest absolute Gasteiger partial charge is 0.505 e. The molecule has 0 bridgehead atoms. The van der Waals surface area contributed by atoms with Crippen LogP contribution < -0.4 is 0 Å². The van der Waals surface area contributed by atoms with E-state index < -0.39 is 5.97 Å². The molecule has 2 N–H and O–H groups in total.